The van der Waals surface area contributed by atoms with Gasteiger partial charge in [-0.25, -0.2) is 17.9 Å². The fourth-order valence-corrected chi connectivity index (χ4v) is 3.99. The maximum Gasteiger partial charge on any atom is 0.155 e. The van der Waals surface area contributed by atoms with Gasteiger partial charge in [-0.2, -0.15) is 5.10 Å². The van der Waals surface area contributed by atoms with Crippen LogP contribution in [0.3, 0.4) is 0 Å². The van der Waals surface area contributed by atoms with Gasteiger partial charge in [0.1, 0.15) is 5.75 Å². The Labute approximate surface area is 104 Å². The van der Waals surface area contributed by atoms with Crippen LogP contribution in [0.1, 0.15) is 24.6 Å². The Bertz CT molecular complexity index is 693. The van der Waals surface area contributed by atoms with Gasteiger partial charge >= 0.3 is 0 Å². The van der Waals surface area contributed by atoms with Crippen LogP contribution in [0.25, 0.3) is 5.65 Å². The summed E-state index contributed by atoms with van der Waals surface area (Å²) in [5.41, 5.74) is 0.616. The van der Waals surface area contributed by atoms with E-state index in [1.54, 1.807) is 6.07 Å². The summed E-state index contributed by atoms with van der Waals surface area (Å²) in [4.78, 5) is 4.32. The lowest BCUT2D eigenvalue weighted by Gasteiger charge is -2.18. The zero-order valence-electron chi connectivity index (χ0n) is 9.65. The average Bonchev–Trinajstić information content (AvgIpc) is 2.70. The first-order valence-electron chi connectivity index (χ1n) is 5.79. The zero-order valence-corrected chi connectivity index (χ0v) is 10.5. The molecule has 0 aliphatic carbocycles. The largest absolute Gasteiger partial charge is 0.506 e. The van der Waals surface area contributed by atoms with Crippen LogP contribution in [0.4, 0.5) is 0 Å². The van der Waals surface area contributed by atoms with Crippen LogP contribution in [0.5, 0.6) is 5.75 Å². The minimum Gasteiger partial charge on any atom is -0.506 e. The van der Waals surface area contributed by atoms with E-state index >= 15 is 0 Å². The van der Waals surface area contributed by atoms with Crippen LogP contribution < -0.4 is 0 Å². The molecule has 1 aliphatic rings. The van der Waals surface area contributed by atoms with Gasteiger partial charge in [0.15, 0.2) is 21.3 Å². The smallest absolute Gasteiger partial charge is 0.155 e. The number of fused-ring (bicyclic) bond motifs is 1. The SMILES string of the molecule is O=S1(=O)CCCC(c2nc3ccc(O)cn3n2)C1. The second kappa shape index (κ2) is 3.94. The molecular weight excluding hydrogens is 254 g/mol. The van der Waals surface area contributed by atoms with Crippen molar-refractivity contribution in [3.8, 4) is 5.75 Å². The molecule has 7 heteroatoms. The highest BCUT2D eigenvalue weighted by atomic mass is 32.2. The lowest BCUT2D eigenvalue weighted by atomic mass is 10.1. The molecule has 1 N–H and O–H groups in total. The Balaban J connectivity index is 1.99. The van der Waals surface area contributed by atoms with Crippen LogP contribution in [-0.4, -0.2) is 39.6 Å². The summed E-state index contributed by atoms with van der Waals surface area (Å²) in [5, 5.41) is 13.6. The molecule has 0 aromatic carbocycles. The van der Waals surface area contributed by atoms with Gasteiger partial charge in [0.2, 0.25) is 0 Å². The Morgan fingerprint density at radius 2 is 2.22 bits per heavy atom. The first-order valence-corrected chi connectivity index (χ1v) is 7.61. The second-order valence-electron chi connectivity index (χ2n) is 4.61. The van der Waals surface area contributed by atoms with Gasteiger partial charge in [-0.05, 0) is 25.0 Å². The highest BCUT2D eigenvalue weighted by Gasteiger charge is 2.28. The molecule has 6 nitrogen and oxygen atoms in total. The van der Waals surface area contributed by atoms with Crippen molar-refractivity contribution < 1.29 is 13.5 Å². The van der Waals surface area contributed by atoms with Gasteiger partial charge in [-0.15, -0.1) is 0 Å². The molecule has 0 bridgehead atoms. The van der Waals surface area contributed by atoms with Crippen molar-refractivity contribution in [1.29, 1.82) is 0 Å². The Morgan fingerprint density at radius 3 is 3.00 bits per heavy atom. The van der Waals surface area contributed by atoms with Crippen molar-refractivity contribution in [1.82, 2.24) is 14.6 Å². The first kappa shape index (κ1) is 11.5. The maximum atomic E-state index is 11.6. The number of aromatic hydroxyl groups is 1. The molecule has 0 amide bonds. The van der Waals surface area contributed by atoms with Crippen LogP contribution in [0.2, 0.25) is 0 Å². The molecule has 1 unspecified atom stereocenters. The molecule has 18 heavy (non-hydrogen) atoms. The minimum absolute atomic E-state index is 0.107. The number of aromatic nitrogens is 3. The minimum atomic E-state index is -2.96. The molecular formula is C11H13N3O3S. The summed E-state index contributed by atoms with van der Waals surface area (Å²) < 4.78 is 24.7. The van der Waals surface area contributed by atoms with Crippen LogP contribution in [0, 0.1) is 0 Å². The van der Waals surface area contributed by atoms with E-state index in [0.29, 0.717) is 17.9 Å². The fourth-order valence-electron chi connectivity index (χ4n) is 2.29. The van der Waals surface area contributed by atoms with Gasteiger partial charge in [-0.1, -0.05) is 0 Å². The zero-order chi connectivity index (χ0) is 12.8. The van der Waals surface area contributed by atoms with Crippen molar-refractivity contribution in [3.63, 3.8) is 0 Å². The third kappa shape index (κ3) is 2.05. The van der Waals surface area contributed by atoms with E-state index in [0.717, 1.165) is 6.42 Å². The summed E-state index contributed by atoms with van der Waals surface area (Å²) in [6.07, 6.45) is 2.92. The Morgan fingerprint density at radius 1 is 1.39 bits per heavy atom. The predicted molar refractivity (Wildman–Crippen MR) is 65.3 cm³/mol. The second-order valence-corrected chi connectivity index (χ2v) is 6.84. The van der Waals surface area contributed by atoms with Crippen molar-refractivity contribution in [3.05, 3.63) is 24.2 Å². The van der Waals surface area contributed by atoms with Crippen LogP contribution >= 0.6 is 0 Å². The van der Waals surface area contributed by atoms with Crippen molar-refractivity contribution in [2.75, 3.05) is 11.5 Å². The summed E-state index contributed by atoms with van der Waals surface area (Å²) in [7, 11) is -2.96. The number of nitrogens with zero attached hydrogens (tertiary/aromatic N) is 3. The first-order chi connectivity index (χ1) is 8.53. The van der Waals surface area contributed by atoms with Gasteiger partial charge < -0.3 is 5.11 Å². The summed E-state index contributed by atoms with van der Waals surface area (Å²) in [6.45, 7) is 0. The van der Waals surface area contributed by atoms with E-state index in [2.05, 4.69) is 10.1 Å². The normalized spacial score (nSPS) is 23.2. The summed E-state index contributed by atoms with van der Waals surface area (Å²) >= 11 is 0. The molecule has 3 heterocycles. The molecule has 0 spiro atoms. The van der Waals surface area contributed by atoms with Crippen molar-refractivity contribution >= 4 is 15.5 Å². The van der Waals surface area contributed by atoms with E-state index < -0.39 is 9.84 Å². The molecule has 1 fully saturated rings. The molecule has 96 valence electrons. The lowest BCUT2D eigenvalue weighted by Crippen LogP contribution is -2.24. The molecule has 1 aliphatic heterocycles. The highest BCUT2D eigenvalue weighted by Crippen LogP contribution is 2.26. The summed E-state index contributed by atoms with van der Waals surface area (Å²) in [5.74, 6) is 0.901. The van der Waals surface area contributed by atoms with E-state index in [1.807, 2.05) is 0 Å². The topological polar surface area (TPSA) is 84.6 Å². The number of rotatable bonds is 1. The average molecular weight is 267 g/mol. The van der Waals surface area contributed by atoms with E-state index in [4.69, 9.17) is 0 Å². The molecule has 0 saturated carbocycles. The molecule has 2 aromatic rings. The van der Waals surface area contributed by atoms with E-state index in [-0.39, 0.29) is 23.2 Å². The third-order valence-electron chi connectivity index (χ3n) is 3.16. The highest BCUT2D eigenvalue weighted by molar-refractivity contribution is 7.91. The quantitative estimate of drug-likeness (QED) is 0.823. The monoisotopic (exact) mass is 267 g/mol. The number of hydrogen-bond acceptors (Lipinski definition) is 5. The molecule has 3 rings (SSSR count). The maximum absolute atomic E-state index is 11.6. The van der Waals surface area contributed by atoms with Crippen LogP contribution in [-0.2, 0) is 9.84 Å². The van der Waals surface area contributed by atoms with E-state index in [1.165, 1.54) is 16.8 Å². The Hall–Kier alpha value is -1.63. The third-order valence-corrected chi connectivity index (χ3v) is 4.98. The fraction of sp³-hybridized carbons (Fsp3) is 0.455. The summed E-state index contributed by atoms with van der Waals surface area (Å²) in [6, 6.07) is 3.19. The van der Waals surface area contributed by atoms with Gasteiger partial charge in [0.05, 0.1) is 17.7 Å². The standard InChI is InChI=1S/C11H13N3O3S/c15-9-3-4-10-12-11(13-14(10)6-9)8-2-1-5-18(16,17)7-8/h3-4,6,8,15H,1-2,5,7H2. The van der Waals surface area contributed by atoms with Crippen molar-refractivity contribution in [2.45, 2.75) is 18.8 Å². The Kier molecular flexibility index (Phi) is 2.51. The van der Waals surface area contributed by atoms with Crippen LogP contribution in [0.15, 0.2) is 18.3 Å². The number of sulfone groups is 1. The van der Waals surface area contributed by atoms with Gasteiger partial charge in [0, 0.05) is 5.92 Å². The molecule has 0 radical (unpaired) electrons. The predicted octanol–water partition coefficient (Wildman–Crippen LogP) is 0.727. The van der Waals surface area contributed by atoms with E-state index in [9.17, 15) is 13.5 Å². The van der Waals surface area contributed by atoms with Gasteiger partial charge in [0.25, 0.3) is 0 Å². The van der Waals surface area contributed by atoms with Gasteiger partial charge in [-0.3, -0.25) is 0 Å². The van der Waals surface area contributed by atoms with Crippen molar-refractivity contribution in [2.24, 2.45) is 0 Å². The molecule has 1 atom stereocenters. The lowest BCUT2D eigenvalue weighted by molar-refractivity contribution is 0.470. The number of hydrogen-bond donors (Lipinski definition) is 1. The molecule has 2 aromatic heterocycles. The number of pyridine rings is 1. The molecule has 1 saturated heterocycles.